The fraction of sp³-hybridized carbons (Fsp3) is 0.240. The largest absolute Gasteiger partial charge is 0.459 e. The zero-order valence-electron chi connectivity index (χ0n) is 17.8. The lowest BCUT2D eigenvalue weighted by Gasteiger charge is -2.31. The minimum Gasteiger partial charge on any atom is -0.459 e. The third-order valence-electron chi connectivity index (χ3n) is 5.67. The summed E-state index contributed by atoms with van der Waals surface area (Å²) >= 11 is 0. The standard InChI is InChI=1S/C25H25N3O4/c1-17-9-10-19(16-21(17)27-24(30)22-8-5-15-32-22)25(31)28-13-11-18(12-14-28)23(29)26-20-6-3-2-4-7-20/h2-10,15-16,18H,11-14H2,1H3,(H,26,29)(H,27,30). The van der Waals surface area contributed by atoms with E-state index in [2.05, 4.69) is 10.6 Å². The zero-order chi connectivity index (χ0) is 22.5. The van der Waals surface area contributed by atoms with Gasteiger partial charge in [0.05, 0.1) is 6.26 Å². The molecule has 4 rings (SSSR count). The van der Waals surface area contributed by atoms with Gasteiger partial charge in [-0.3, -0.25) is 14.4 Å². The Labute approximate surface area is 186 Å². The molecule has 0 bridgehead atoms. The average Bonchev–Trinajstić information content (AvgIpc) is 3.36. The van der Waals surface area contributed by atoms with Gasteiger partial charge in [-0.05, 0) is 61.7 Å². The minimum atomic E-state index is -0.368. The van der Waals surface area contributed by atoms with Crippen molar-refractivity contribution in [2.45, 2.75) is 19.8 Å². The summed E-state index contributed by atoms with van der Waals surface area (Å²) in [5.41, 5.74) is 2.68. The molecule has 0 radical (unpaired) electrons. The van der Waals surface area contributed by atoms with Gasteiger partial charge in [-0.1, -0.05) is 24.3 Å². The summed E-state index contributed by atoms with van der Waals surface area (Å²) in [6.45, 7) is 2.88. The van der Waals surface area contributed by atoms with Crippen LogP contribution in [-0.4, -0.2) is 35.7 Å². The van der Waals surface area contributed by atoms with Crippen LogP contribution in [0, 0.1) is 12.8 Å². The van der Waals surface area contributed by atoms with Crippen LogP contribution >= 0.6 is 0 Å². The molecule has 0 aliphatic carbocycles. The van der Waals surface area contributed by atoms with Crippen LogP contribution in [-0.2, 0) is 4.79 Å². The molecule has 0 atom stereocenters. The number of furan rings is 1. The van der Waals surface area contributed by atoms with E-state index in [0.717, 1.165) is 11.3 Å². The van der Waals surface area contributed by atoms with Gasteiger partial charge >= 0.3 is 0 Å². The number of carbonyl (C=O) groups is 3. The smallest absolute Gasteiger partial charge is 0.291 e. The highest BCUT2D eigenvalue weighted by Gasteiger charge is 2.28. The Morgan fingerprint density at radius 1 is 0.938 bits per heavy atom. The number of benzene rings is 2. The molecule has 1 aliphatic rings. The van der Waals surface area contributed by atoms with Gasteiger partial charge in [0, 0.05) is 35.9 Å². The lowest BCUT2D eigenvalue weighted by Crippen LogP contribution is -2.41. The first-order valence-electron chi connectivity index (χ1n) is 10.6. The molecule has 3 amide bonds. The normalized spacial score (nSPS) is 14.1. The van der Waals surface area contributed by atoms with E-state index in [9.17, 15) is 14.4 Å². The van der Waals surface area contributed by atoms with Crippen molar-refractivity contribution in [1.29, 1.82) is 0 Å². The number of rotatable bonds is 5. The van der Waals surface area contributed by atoms with Crippen LogP contribution in [0.1, 0.15) is 39.3 Å². The maximum absolute atomic E-state index is 13.0. The predicted octanol–water partition coefficient (Wildman–Crippen LogP) is 4.33. The van der Waals surface area contributed by atoms with Crippen molar-refractivity contribution >= 4 is 29.1 Å². The molecular weight excluding hydrogens is 406 g/mol. The number of aryl methyl sites for hydroxylation is 1. The van der Waals surface area contributed by atoms with Gasteiger partial charge in [-0.15, -0.1) is 0 Å². The van der Waals surface area contributed by atoms with Crippen LogP contribution in [0.2, 0.25) is 0 Å². The second kappa shape index (κ2) is 9.51. The number of nitrogens with one attached hydrogen (secondary N) is 2. The van der Waals surface area contributed by atoms with Crippen LogP contribution in [0.15, 0.2) is 71.3 Å². The molecule has 3 aromatic rings. The lowest BCUT2D eigenvalue weighted by atomic mass is 9.95. The van der Waals surface area contributed by atoms with E-state index in [0.29, 0.717) is 37.2 Å². The molecular formula is C25H25N3O4. The number of nitrogens with zero attached hydrogens (tertiary/aromatic N) is 1. The predicted molar refractivity (Wildman–Crippen MR) is 122 cm³/mol. The fourth-order valence-corrected chi connectivity index (χ4v) is 3.77. The molecule has 0 saturated carbocycles. The molecule has 7 nitrogen and oxygen atoms in total. The maximum Gasteiger partial charge on any atom is 0.291 e. The quantitative estimate of drug-likeness (QED) is 0.629. The van der Waals surface area contributed by atoms with Crippen molar-refractivity contribution in [3.63, 3.8) is 0 Å². The van der Waals surface area contributed by atoms with Crippen molar-refractivity contribution in [2.24, 2.45) is 5.92 Å². The molecule has 2 N–H and O–H groups in total. The maximum atomic E-state index is 13.0. The number of piperidine rings is 1. The Bertz CT molecular complexity index is 1100. The third-order valence-corrected chi connectivity index (χ3v) is 5.67. The first-order valence-corrected chi connectivity index (χ1v) is 10.6. The van der Waals surface area contributed by atoms with E-state index in [1.807, 2.05) is 43.3 Å². The van der Waals surface area contributed by atoms with Crippen LogP contribution in [0.4, 0.5) is 11.4 Å². The number of carbonyl (C=O) groups excluding carboxylic acids is 3. The number of hydrogen-bond acceptors (Lipinski definition) is 4. The van der Waals surface area contributed by atoms with Crippen molar-refractivity contribution in [3.8, 4) is 0 Å². The van der Waals surface area contributed by atoms with Crippen LogP contribution < -0.4 is 10.6 Å². The van der Waals surface area contributed by atoms with Crippen LogP contribution in [0.25, 0.3) is 0 Å². The topological polar surface area (TPSA) is 91.7 Å². The van der Waals surface area contributed by atoms with Crippen LogP contribution in [0.5, 0.6) is 0 Å². The first kappa shape index (κ1) is 21.4. The summed E-state index contributed by atoms with van der Waals surface area (Å²) < 4.78 is 5.13. The summed E-state index contributed by atoms with van der Waals surface area (Å²) in [4.78, 5) is 39.6. The summed E-state index contributed by atoms with van der Waals surface area (Å²) in [6, 6.07) is 17.9. The Morgan fingerprint density at radius 2 is 1.69 bits per heavy atom. The Morgan fingerprint density at radius 3 is 2.38 bits per heavy atom. The molecule has 1 fully saturated rings. The molecule has 1 aromatic heterocycles. The Balaban J connectivity index is 1.36. The molecule has 0 spiro atoms. The van der Waals surface area contributed by atoms with E-state index < -0.39 is 0 Å². The second-order valence-corrected chi connectivity index (χ2v) is 7.88. The van der Waals surface area contributed by atoms with Crippen molar-refractivity contribution < 1.29 is 18.8 Å². The highest BCUT2D eigenvalue weighted by Crippen LogP contribution is 2.23. The van der Waals surface area contributed by atoms with Gasteiger partial charge in [-0.25, -0.2) is 0 Å². The van der Waals surface area contributed by atoms with E-state index in [-0.39, 0.29) is 29.4 Å². The number of para-hydroxylation sites is 1. The van der Waals surface area contributed by atoms with Gasteiger partial charge in [0.2, 0.25) is 5.91 Å². The Hall–Kier alpha value is -3.87. The van der Waals surface area contributed by atoms with E-state index in [1.165, 1.54) is 6.26 Å². The molecule has 2 heterocycles. The SMILES string of the molecule is Cc1ccc(C(=O)N2CCC(C(=O)Nc3ccccc3)CC2)cc1NC(=O)c1ccco1. The highest BCUT2D eigenvalue weighted by molar-refractivity contribution is 6.04. The number of hydrogen-bond donors (Lipinski definition) is 2. The van der Waals surface area contributed by atoms with Crippen molar-refractivity contribution in [3.05, 3.63) is 83.8 Å². The van der Waals surface area contributed by atoms with Gasteiger partial charge in [0.15, 0.2) is 5.76 Å². The second-order valence-electron chi connectivity index (χ2n) is 7.88. The van der Waals surface area contributed by atoms with Gasteiger partial charge in [-0.2, -0.15) is 0 Å². The van der Waals surface area contributed by atoms with Gasteiger partial charge in [0.1, 0.15) is 0 Å². The Kier molecular flexibility index (Phi) is 6.35. The molecule has 32 heavy (non-hydrogen) atoms. The van der Waals surface area contributed by atoms with E-state index in [1.54, 1.807) is 29.2 Å². The highest BCUT2D eigenvalue weighted by atomic mass is 16.3. The fourth-order valence-electron chi connectivity index (χ4n) is 3.77. The van der Waals surface area contributed by atoms with Crippen molar-refractivity contribution in [1.82, 2.24) is 4.90 Å². The summed E-state index contributed by atoms with van der Waals surface area (Å²) in [5, 5.41) is 5.74. The average molecular weight is 431 g/mol. The first-order chi connectivity index (χ1) is 15.5. The molecule has 164 valence electrons. The van der Waals surface area contributed by atoms with Gasteiger partial charge in [0.25, 0.3) is 11.8 Å². The van der Waals surface area contributed by atoms with E-state index >= 15 is 0 Å². The van der Waals surface area contributed by atoms with Gasteiger partial charge < -0.3 is 20.0 Å². The zero-order valence-corrected chi connectivity index (χ0v) is 17.8. The number of likely N-dealkylation sites (tertiary alicyclic amines) is 1. The summed E-state index contributed by atoms with van der Waals surface area (Å²) in [7, 11) is 0. The number of anilines is 2. The molecule has 1 saturated heterocycles. The monoisotopic (exact) mass is 431 g/mol. The third kappa shape index (κ3) is 4.88. The van der Waals surface area contributed by atoms with Crippen molar-refractivity contribution in [2.75, 3.05) is 23.7 Å². The molecule has 2 aromatic carbocycles. The molecule has 1 aliphatic heterocycles. The number of amides is 3. The molecule has 0 unspecified atom stereocenters. The lowest BCUT2D eigenvalue weighted by molar-refractivity contribution is -0.121. The summed E-state index contributed by atoms with van der Waals surface area (Å²) in [6.07, 6.45) is 2.65. The van der Waals surface area contributed by atoms with E-state index in [4.69, 9.17) is 4.42 Å². The minimum absolute atomic E-state index is 0.0124. The molecule has 7 heteroatoms. The summed E-state index contributed by atoms with van der Waals surface area (Å²) in [5.74, 6) is -0.410. The van der Waals surface area contributed by atoms with Crippen LogP contribution in [0.3, 0.4) is 0 Å².